The second kappa shape index (κ2) is 5.60. The summed E-state index contributed by atoms with van der Waals surface area (Å²) < 4.78 is 0. The fourth-order valence-corrected chi connectivity index (χ4v) is 5.52. The summed E-state index contributed by atoms with van der Waals surface area (Å²) in [5.74, 6) is 3.77. The topological polar surface area (TPSA) is 55.1 Å². The van der Waals surface area contributed by atoms with Crippen LogP contribution in [0.25, 0.3) is 0 Å². The van der Waals surface area contributed by atoms with Crippen LogP contribution in [-0.4, -0.2) is 11.9 Å². The maximum atomic E-state index is 12.3. The number of hydrogen-bond acceptors (Lipinski definition) is 2. The highest BCUT2D eigenvalue weighted by atomic mass is 16.1. The number of carbonyl (C=O) groups is 1. The first-order chi connectivity index (χ1) is 10.7. The number of benzene rings is 1. The number of rotatable bonds is 4. The molecule has 4 rings (SSSR count). The van der Waals surface area contributed by atoms with Gasteiger partial charge in [-0.15, -0.1) is 0 Å². The molecule has 22 heavy (non-hydrogen) atoms. The molecule has 3 N–H and O–H groups in total. The molecule has 2 bridgehead atoms. The van der Waals surface area contributed by atoms with E-state index < -0.39 is 0 Å². The standard InChI is InChI=1S/C19H26N2O/c20-17-7-2-1-4-12(17)8-9-19(22)21-18-11-13-10-16(18)15-6-3-5-14(13)15/h1-2,4,7,13-16,18H,3,5-6,8-11,20H2,(H,21,22). The van der Waals surface area contributed by atoms with Gasteiger partial charge in [0.25, 0.3) is 0 Å². The minimum Gasteiger partial charge on any atom is -0.399 e. The molecule has 1 aromatic rings. The fraction of sp³-hybridized carbons (Fsp3) is 0.632. The van der Waals surface area contributed by atoms with Crippen LogP contribution in [0.3, 0.4) is 0 Å². The quantitative estimate of drug-likeness (QED) is 0.839. The largest absolute Gasteiger partial charge is 0.399 e. The third-order valence-corrected chi connectivity index (χ3v) is 6.45. The zero-order chi connectivity index (χ0) is 15.1. The highest BCUT2D eigenvalue weighted by molar-refractivity contribution is 5.77. The number of nitrogens with two attached hydrogens (primary N) is 1. The number of hydrogen-bond donors (Lipinski definition) is 2. The Labute approximate surface area is 132 Å². The van der Waals surface area contributed by atoms with E-state index in [-0.39, 0.29) is 5.91 Å². The van der Waals surface area contributed by atoms with E-state index in [2.05, 4.69) is 5.32 Å². The minimum absolute atomic E-state index is 0.204. The van der Waals surface area contributed by atoms with Crippen molar-refractivity contribution in [2.45, 2.75) is 51.0 Å². The second-order valence-corrected chi connectivity index (χ2v) is 7.53. The molecule has 3 nitrogen and oxygen atoms in total. The molecule has 3 fully saturated rings. The van der Waals surface area contributed by atoms with E-state index in [0.717, 1.165) is 41.3 Å². The Hall–Kier alpha value is -1.51. The molecule has 118 valence electrons. The number of para-hydroxylation sites is 1. The SMILES string of the molecule is Nc1ccccc1CCC(=O)NC1CC2CC1C1CCCC21. The van der Waals surface area contributed by atoms with Crippen LogP contribution in [0.15, 0.2) is 24.3 Å². The first-order valence-corrected chi connectivity index (χ1v) is 8.85. The van der Waals surface area contributed by atoms with Gasteiger partial charge >= 0.3 is 0 Å². The molecule has 5 unspecified atom stereocenters. The van der Waals surface area contributed by atoms with Gasteiger partial charge in [0.15, 0.2) is 0 Å². The van der Waals surface area contributed by atoms with Crippen LogP contribution in [0.5, 0.6) is 0 Å². The molecule has 1 amide bonds. The van der Waals surface area contributed by atoms with Crippen molar-refractivity contribution in [3.63, 3.8) is 0 Å². The molecule has 0 aromatic heterocycles. The second-order valence-electron chi connectivity index (χ2n) is 7.53. The number of carbonyl (C=O) groups excluding carboxylic acids is 1. The summed E-state index contributed by atoms with van der Waals surface area (Å²) in [6.45, 7) is 0. The summed E-state index contributed by atoms with van der Waals surface area (Å²) in [6, 6.07) is 8.29. The van der Waals surface area contributed by atoms with Gasteiger partial charge in [-0.1, -0.05) is 24.6 Å². The Balaban J connectivity index is 1.31. The highest BCUT2D eigenvalue weighted by Crippen LogP contribution is 2.58. The number of fused-ring (bicyclic) bond motifs is 5. The van der Waals surface area contributed by atoms with Gasteiger partial charge in [-0.2, -0.15) is 0 Å². The number of anilines is 1. The smallest absolute Gasteiger partial charge is 0.220 e. The molecule has 0 radical (unpaired) electrons. The third kappa shape index (κ3) is 2.41. The summed E-state index contributed by atoms with van der Waals surface area (Å²) in [7, 11) is 0. The predicted molar refractivity (Wildman–Crippen MR) is 88.2 cm³/mol. The molecule has 3 saturated carbocycles. The monoisotopic (exact) mass is 298 g/mol. The summed E-state index contributed by atoms with van der Waals surface area (Å²) in [4.78, 5) is 12.3. The van der Waals surface area contributed by atoms with E-state index in [1.165, 1.54) is 32.1 Å². The number of amides is 1. The minimum atomic E-state index is 0.204. The van der Waals surface area contributed by atoms with Gasteiger partial charge in [-0.05, 0) is 67.4 Å². The number of nitrogens with one attached hydrogen (secondary N) is 1. The summed E-state index contributed by atoms with van der Waals surface area (Å²) in [5, 5.41) is 3.33. The molecule has 5 atom stereocenters. The Bertz CT molecular complexity index is 570. The summed E-state index contributed by atoms with van der Waals surface area (Å²) in [6.07, 6.45) is 8.15. The molecular weight excluding hydrogens is 272 g/mol. The average molecular weight is 298 g/mol. The third-order valence-electron chi connectivity index (χ3n) is 6.45. The fourth-order valence-electron chi connectivity index (χ4n) is 5.52. The number of nitrogen functional groups attached to an aromatic ring is 1. The van der Waals surface area contributed by atoms with Crippen molar-refractivity contribution in [2.24, 2.45) is 23.7 Å². The molecule has 3 aliphatic rings. The van der Waals surface area contributed by atoms with Crippen LogP contribution in [0.1, 0.15) is 44.1 Å². The first kappa shape index (κ1) is 14.1. The van der Waals surface area contributed by atoms with Gasteiger partial charge in [-0.3, -0.25) is 4.79 Å². The van der Waals surface area contributed by atoms with Crippen LogP contribution in [-0.2, 0) is 11.2 Å². The van der Waals surface area contributed by atoms with Crippen LogP contribution in [0.4, 0.5) is 5.69 Å². The van der Waals surface area contributed by atoms with Crippen LogP contribution in [0.2, 0.25) is 0 Å². The van der Waals surface area contributed by atoms with Gasteiger partial charge < -0.3 is 11.1 Å². The molecule has 3 heteroatoms. The first-order valence-electron chi connectivity index (χ1n) is 8.85. The van der Waals surface area contributed by atoms with Gasteiger partial charge in [0.05, 0.1) is 0 Å². The van der Waals surface area contributed by atoms with Crippen LogP contribution >= 0.6 is 0 Å². The maximum absolute atomic E-state index is 12.3. The molecule has 0 spiro atoms. The summed E-state index contributed by atoms with van der Waals surface area (Å²) in [5.41, 5.74) is 7.83. The van der Waals surface area contributed by atoms with Gasteiger partial charge in [0.2, 0.25) is 5.91 Å². The van der Waals surface area contributed by atoms with Crippen molar-refractivity contribution in [2.75, 3.05) is 5.73 Å². The highest BCUT2D eigenvalue weighted by Gasteiger charge is 2.53. The van der Waals surface area contributed by atoms with Crippen LogP contribution in [0, 0.1) is 23.7 Å². The lowest BCUT2D eigenvalue weighted by atomic mass is 9.79. The zero-order valence-electron chi connectivity index (χ0n) is 13.1. The predicted octanol–water partition coefficient (Wildman–Crippen LogP) is 3.14. The Morgan fingerprint density at radius 3 is 2.82 bits per heavy atom. The van der Waals surface area contributed by atoms with Crippen molar-refractivity contribution >= 4 is 11.6 Å². The van der Waals surface area contributed by atoms with Gasteiger partial charge in [0.1, 0.15) is 0 Å². The van der Waals surface area contributed by atoms with Crippen molar-refractivity contribution in [1.29, 1.82) is 0 Å². The molecule has 0 saturated heterocycles. The zero-order valence-corrected chi connectivity index (χ0v) is 13.1. The van der Waals surface area contributed by atoms with Crippen LogP contribution < -0.4 is 11.1 Å². The van der Waals surface area contributed by atoms with Crippen molar-refractivity contribution < 1.29 is 4.79 Å². The van der Waals surface area contributed by atoms with E-state index >= 15 is 0 Å². The lowest BCUT2D eigenvalue weighted by Crippen LogP contribution is -2.42. The lowest BCUT2D eigenvalue weighted by Gasteiger charge is -2.32. The summed E-state index contributed by atoms with van der Waals surface area (Å²) >= 11 is 0. The molecule has 0 heterocycles. The molecular formula is C19H26N2O. The van der Waals surface area contributed by atoms with E-state index in [1.807, 2.05) is 24.3 Å². The average Bonchev–Trinajstić information content (AvgIpc) is 3.18. The molecule has 1 aromatic carbocycles. The molecule has 0 aliphatic heterocycles. The van der Waals surface area contributed by atoms with Crippen molar-refractivity contribution in [1.82, 2.24) is 5.32 Å². The van der Waals surface area contributed by atoms with Crippen molar-refractivity contribution in [3.8, 4) is 0 Å². The van der Waals surface area contributed by atoms with E-state index in [9.17, 15) is 4.79 Å². The van der Waals surface area contributed by atoms with Gasteiger partial charge in [-0.25, -0.2) is 0 Å². The van der Waals surface area contributed by atoms with Gasteiger partial charge in [0, 0.05) is 18.2 Å². The van der Waals surface area contributed by atoms with E-state index in [0.29, 0.717) is 12.5 Å². The van der Waals surface area contributed by atoms with Crippen molar-refractivity contribution in [3.05, 3.63) is 29.8 Å². The Kier molecular flexibility index (Phi) is 3.59. The molecule has 3 aliphatic carbocycles. The lowest BCUT2D eigenvalue weighted by molar-refractivity contribution is -0.122. The Morgan fingerprint density at radius 2 is 1.95 bits per heavy atom. The maximum Gasteiger partial charge on any atom is 0.220 e. The Morgan fingerprint density at radius 1 is 1.14 bits per heavy atom. The normalized spacial score (nSPS) is 35.5. The van der Waals surface area contributed by atoms with E-state index in [1.54, 1.807) is 0 Å². The van der Waals surface area contributed by atoms with E-state index in [4.69, 9.17) is 5.73 Å². The number of aryl methyl sites for hydroxylation is 1.